The predicted octanol–water partition coefficient (Wildman–Crippen LogP) is 4.23. The average Bonchev–Trinajstić information content (AvgIpc) is 2.52. The third-order valence-corrected chi connectivity index (χ3v) is 3.63. The second-order valence-electron chi connectivity index (χ2n) is 5.27. The summed E-state index contributed by atoms with van der Waals surface area (Å²) in [5.74, 6) is 0.852. The zero-order valence-corrected chi connectivity index (χ0v) is 12.1. The highest BCUT2D eigenvalue weighted by Crippen LogP contribution is 2.25. The van der Waals surface area contributed by atoms with Gasteiger partial charge in [0.2, 0.25) is 0 Å². The monoisotopic (exact) mass is 277 g/mol. The number of ether oxygens (including phenoxy) is 1. The van der Waals surface area contributed by atoms with E-state index in [1.807, 2.05) is 24.3 Å². The van der Waals surface area contributed by atoms with Crippen molar-refractivity contribution in [3.63, 3.8) is 0 Å². The summed E-state index contributed by atoms with van der Waals surface area (Å²) in [6, 6.07) is 22.7. The van der Waals surface area contributed by atoms with Gasteiger partial charge in [-0.1, -0.05) is 60.2 Å². The van der Waals surface area contributed by atoms with Crippen LogP contribution in [0.15, 0.2) is 66.7 Å². The van der Waals surface area contributed by atoms with Gasteiger partial charge in [-0.3, -0.25) is 0 Å². The van der Waals surface area contributed by atoms with E-state index in [4.69, 9.17) is 10.5 Å². The lowest BCUT2D eigenvalue weighted by Gasteiger charge is -2.18. The van der Waals surface area contributed by atoms with Crippen molar-refractivity contribution in [2.45, 2.75) is 13.0 Å². The number of aryl methyl sites for hydroxylation is 1. The molecule has 0 aliphatic rings. The van der Waals surface area contributed by atoms with Crippen LogP contribution in [0.1, 0.15) is 17.2 Å². The Morgan fingerprint density at radius 1 is 0.905 bits per heavy atom. The Hall–Kier alpha value is -2.32. The van der Waals surface area contributed by atoms with Crippen LogP contribution in [0, 0.1) is 6.92 Å². The van der Waals surface area contributed by atoms with Crippen LogP contribution in [0.3, 0.4) is 0 Å². The Kier molecular flexibility index (Phi) is 3.89. The van der Waals surface area contributed by atoms with Gasteiger partial charge in [-0.05, 0) is 35.4 Å². The number of fused-ring (bicyclic) bond motifs is 1. The normalized spacial score (nSPS) is 12.3. The zero-order valence-electron chi connectivity index (χ0n) is 12.1. The van der Waals surface area contributed by atoms with E-state index < -0.39 is 0 Å². The van der Waals surface area contributed by atoms with Crippen molar-refractivity contribution in [2.24, 2.45) is 5.73 Å². The van der Waals surface area contributed by atoms with Gasteiger partial charge in [-0.2, -0.15) is 0 Å². The molecule has 3 aromatic rings. The Bertz CT molecular complexity index is 751. The van der Waals surface area contributed by atoms with Crippen LogP contribution in [-0.2, 0) is 0 Å². The van der Waals surface area contributed by atoms with Gasteiger partial charge < -0.3 is 10.5 Å². The third kappa shape index (κ3) is 3.06. The Labute approximate surface area is 125 Å². The van der Waals surface area contributed by atoms with Gasteiger partial charge in [0.1, 0.15) is 11.9 Å². The summed E-state index contributed by atoms with van der Waals surface area (Å²) in [6.45, 7) is 2.53. The SMILES string of the molecule is Cc1cccc(C(CN)Oc2ccc3ccccc3c2)c1. The number of benzene rings is 3. The number of hydrogen-bond acceptors (Lipinski definition) is 2. The van der Waals surface area contributed by atoms with Crippen LogP contribution in [0.4, 0.5) is 0 Å². The summed E-state index contributed by atoms with van der Waals surface area (Å²) in [4.78, 5) is 0. The van der Waals surface area contributed by atoms with E-state index in [0.29, 0.717) is 6.54 Å². The second-order valence-corrected chi connectivity index (χ2v) is 5.27. The molecule has 21 heavy (non-hydrogen) atoms. The van der Waals surface area contributed by atoms with E-state index in [0.717, 1.165) is 11.3 Å². The summed E-state index contributed by atoms with van der Waals surface area (Å²) >= 11 is 0. The van der Waals surface area contributed by atoms with Crippen molar-refractivity contribution < 1.29 is 4.74 Å². The first-order valence-corrected chi connectivity index (χ1v) is 7.18. The molecule has 106 valence electrons. The van der Waals surface area contributed by atoms with Gasteiger partial charge in [0.05, 0.1) is 0 Å². The molecule has 0 aromatic heterocycles. The minimum Gasteiger partial charge on any atom is -0.484 e. The van der Waals surface area contributed by atoms with Crippen molar-refractivity contribution in [1.29, 1.82) is 0 Å². The molecular weight excluding hydrogens is 258 g/mol. The molecule has 0 aliphatic heterocycles. The predicted molar refractivity (Wildman–Crippen MR) is 87.6 cm³/mol. The molecule has 2 heteroatoms. The maximum absolute atomic E-state index is 6.09. The summed E-state index contributed by atoms with van der Waals surface area (Å²) in [5, 5.41) is 2.39. The first kappa shape index (κ1) is 13.7. The minimum absolute atomic E-state index is 0.119. The van der Waals surface area contributed by atoms with Crippen molar-refractivity contribution in [2.75, 3.05) is 6.54 Å². The van der Waals surface area contributed by atoms with Gasteiger partial charge in [-0.25, -0.2) is 0 Å². The standard InChI is InChI=1S/C19H19NO/c1-14-5-4-8-17(11-14)19(13-20)21-18-10-9-15-6-2-3-7-16(15)12-18/h2-12,19H,13,20H2,1H3. The van der Waals surface area contributed by atoms with Crippen LogP contribution in [-0.4, -0.2) is 6.54 Å². The molecule has 2 nitrogen and oxygen atoms in total. The Balaban J connectivity index is 1.88. The first-order valence-electron chi connectivity index (χ1n) is 7.18. The highest BCUT2D eigenvalue weighted by atomic mass is 16.5. The van der Waals surface area contributed by atoms with Gasteiger partial charge in [0.25, 0.3) is 0 Å². The highest BCUT2D eigenvalue weighted by Gasteiger charge is 2.11. The molecule has 2 N–H and O–H groups in total. The van der Waals surface area contributed by atoms with Crippen molar-refractivity contribution in [1.82, 2.24) is 0 Å². The quantitative estimate of drug-likeness (QED) is 0.774. The lowest BCUT2D eigenvalue weighted by atomic mass is 10.1. The molecular formula is C19H19NO. The Morgan fingerprint density at radius 2 is 1.71 bits per heavy atom. The molecule has 0 amide bonds. The molecule has 0 radical (unpaired) electrons. The molecule has 0 aliphatic carbocycles. The molecule has 3 rings (SSSR count). The maximum Gasteiger partial charge on any atom is 0.136 e. The molecule has 1 atom stereocenters. The van der Waals surface area contributed by atoms with E-state index in [1.165, 1.54) is 16.3 Å². The molecule has 1 unspecified atom stereocenters. The summed E-state index contributed by atoms with van der Waals surface area (Å²) in [5.41, 5.74) is 8.22. The van der Waals surface area contributed by atoms with E-state index in [1.54, 1.807) is 0 Å². The fraction of sp³-hybridized carbons (Fsp3) is 0.158. The summed E-state index contributed by atoms with van der Waals surface area (Å²) < 4.78 is 6.09. The molecule has 0 saturated carbocycles. The number of nitrogens with two attached hydrogens (primary N) is 1. The lowest BCUT2D eigenvalue weighted by Crippen LogP contribution is -2.18. The van der Waals surface area contributed by atoms with E-state index in [9.17, 15) is 0 Å². The number of rotatable bonds is 4. The van der Waals surface area contributed by atoms with Crippen molar-refractivity contribution >= 4 is 10.8 Å². The smallest absolute Gasteiger partial charge is 0.136 e. The maximum atomic E-state index is 6.09. The van der Waals surface area contributed by atoms with Crippen LogP contribution in [0.2, 0.25) is 0 Å². The third-order valence-electron chi connectivity index (χ3n) is 3.63. The van der Waals surface area contributed by atoms with Crippen molar-refractivity contribution in [3.05, 3.63) is 77.9 Å². The molecule has 0 bridgehead atoms. The second kappa shape index (κ2) is 5.98. The molecule has 0 fully saturated rings. The fourth-order valence-electron chi connectivity index (χ4n) is 2.53. The van der Waals surface area contributed by atoms with Crippen LogP contribution >= 0.6 is 0 Å². The molecule has 0 heterocycles. The molecule has 0 spiro atoms. The lowest BCUT2D eigenvalue weighted by molar-refractivity contribution is 0.214. The summed E-state index contributed by atoms with van der Waals surface area (Å²) in [7, 11) is 0. The topological polar surface area (TPSA) is 35.2 Å². The van der Waals surface area contributed by atoms with Crippen LogP contribution in [0.25, 0.3) is 10.8 Å². The van der Waals surface area contributed by atoms with Crippen molar-refractivity contribution in [3.8, 4) is 5.75 Å². The van der Waals surface area contributed by atoms with Crippen LogP contribution in [0.5, 0.6) is 5.75 Å². The van der Waals surface area contributed by atoms with E-state index in [2.05, 4.69) is 49.4 Å². The average molecular weight is 277 g/mol. The first-order chi connectivity index (χ1) is 10.3. The molecule has 3 aromatic carbocycles. The number of hydrogen-bond donors (Lipinski definition) is 1. The van der Waals surface area contributed by atoms with E-state index in [-0.39, 0.29) is 6.10 Å². The molecule has 0 saturated heterocycles. The van der Waals surface area contributed by atoms with E-state index >= 15 is 0 Å². The summed E-state index contributed by atoms with van der Waals surface area (Å²) in [6.07, 6.45) is -0.119. The zero-order chi connectivity index (χ0) is 14.7. The minimum atomic E-state index is -0.119. The van der Waals surface area contributed by atoms with Gasteiger partial charge in [-0.15, -0.1) is 0 Å². The fourth-order valence-corrected chi connectivity index (χ4v) is 2.53. The van der Waals surface area contributed by atoms with Gasteiger partial charge in [0, 0.05) is 6.54 Å². The Morgan fingerprint density at radius 3 is 2.48 bits per heavy atom. The van der Waals surface area contributed by atoms with Gasteiger partial charge >= 0.3 is 0 Å². The largest absolute Gasteiger partial charge is 0.484 e. The van der Waals surface area contributed by atoms with Crippen LogP contribution < -0.4 is 10.5 Å². The highest BCUT2D eigenvalue weighted by molar-refractivity contribution is 5.83. The van der Waals surface area contributed by atoms with Gasteiger partial charge in [0.15, 0.2) is 0 Å².